The number of esters is 1. The highest BCUT2D eigenvalue weighted by Crippen LogP contribution is 2.18. The topological polar surface area (TPSA) is 93.9 Å². The van der Waals surface area contributed by atoms with Crippen LogP contribution in [0.15, 0.2) is 30.6 Å². The number of ether oxygens (including phenoxy) is 1. The van der Waals surface area contributed by atoms with Crippen molar-refractivity contribution in [2.75, 3.05) is 12.3 Å². The van der Waals surface area contributed by atoms with Crippen molar-refractivity contribution in [1.29, 1.82) is 5.26 Å². The van der Waals surface area contributed by atoms with E-state index in [1.165, 1.54) is 6.33 Å². The van der Waals surface area contributed by atoms with Crippen LogP contribution in [-0.4, -0.2) is 22.1 Å². The molecule has 96 valence electrons. The number of aromatic nitrogens is 2. The zero-order valence-electron chi connectivity index (χ0n) is 10.3. The number of hydrogen-bond donors (Lipinski definition) is 1. The van der Waals surface area contributed by atoms with Crippen LogP contribution < -0.4 is 5.73 Å². The minimum atomic E-state index is -0.549. The fraction of sp³-hybridized carbons (Fsp3) is 0.154. The molecule has 1 aromatic heterocycles. The molecule has 0 bridgehead atoms. The van der Waals surface area contributed by atoms with Crippen LogP contribution in [0.5, 0.6) is 0 Å². The lowest BCUT2D eigenvalue weighted by molar-refractivity contribution is 0.0521. The molecule has 19 heavy (non-hydrogen) atoms. The smallest absolute Gasteiger partial charge is 0.360 e. The van der Waals surface area contributed by atoms with Gasteiger partial charge in [-0.05, 0) is 31.2 Å². The molecule has 0 aliphatic rings. The van der Waals surface area contributed by atoms with E-state index in [0.29, 0.717) is 5.56 Å². The van der Waals surface area contributed by atoms with Crippen molar-refractivity contribution in [3.63, 3.8) is 0 Å². The van der Waals surface area contributed by atoms with Crippen LogP contribution in [0.3, 0.4) is 0 Å². The third-order valence-electron chi connectivity index (χ3n) is 2.55. The second kappa shape index (κ2) is 5.23. The van der Waals surface area contributed by atoms with Gasteiger partial charge in [0.2, 0.25) is 0 Å². The summed E-state index contributed by atoms with van der Waals surface area (Å²) in [6.45, 7) is 1.98. The van der Waals surface area contributed by atoms with Gasteiger partial charge in [0.25, 0.3) is 0 Å². The van der Waals surface area contributed by atoms with Crippen LogP contribution in [0.4, 0.5) is 5.82 Å². The van der Waals surface area contributed by atoms with E-state index in [4.69, 9.17) is 15.7 Å². The summed E-state index contributed by atoms with van der Waals surface area (Å²) in [4.78, 5) is 15.5. The first kappa shape index (κ1) is 12.6. The van der Waals surface area contributed by atoms with Gasteiger partial charge in [0.15, 0.2) is 5.69 Å². The van der Waals surface area contributed by atoms with E-state index in [0.717, 1.165) is 5.69 Å². The summed E-state index contributed by atoms with van der Waals surface area (Å²) in [5.41, 5.74) is 7.23. The van der Waals surface area contributed by atoms with Crippen molar-refractivity contribution in [1.82, 2.24) is 9.55 Å². The molecule has 0 fully saturated rings. The summed E-state index contributed by atoms with van der Waals surface area (Å²) in [5, 5.41) is 8.73. The number of carbonyl (C=O) groups excluding carboxylic acids is 1. The monoisotopic (exact) mass is 256 g/mol. The molecule has 0 saturated heterocycles. The number of carbonyl (C=O) groups is 1. The minimum absolute atomic E-state index is 0.0891. The Morgan fingerprint density at radius 1 is 1.47 bits per heavy atom. The Morgan fingerprint density at radius 2 is 2.16 bits per heavy atom. The fourth-order valence-corrected chi connectivity index (χ4v) is 1.62. The summed E-state index contributed by atoms with van der Waals surface area (Å²) in [5.74, 6) is -0.337. The predicted molar refractivity (Wildman–Crippen MR) is 68.6 cm³/mol. The maximum atomic E-state index is 11.6. The van der Waals surface area contributed by atoms with Crippen molar-refractivity contribution in [3.05, 3.63) is 41.9 Å². The number of benzene rings is 1. The standard InChI is InChI=1S/C13H12N4O2/c1-2-19-13(18)11-12(15)17(8-16-11)10-5-3-9(7-14)4-6-10/h3-6,8H,2,15H2,1H3. The molecule has 0 aliphatic carbocycles. The normalized spacial score (nSPS) is 9.89. The number of nitrogen functional groups attached to an aromatic ring is 1. The molecule has 0 aliphatic heterocycles. The molecule has 0 radical (unpaired) electrons. The number of nitriles is 1. The van der Waals surface area contributed by atoms with Crippen molar-refractivity contribution in [2.45, 2.75) is 6.92 Å². The van der Waals surface area contributed by atoms with E-state index >= 15 is 0 Å². The Balaban J connectivity index is 2.36. The highest BCUT2D eigenvalue weighted by atomic mass is 16.5. The third kappa shape index (κ3) is 2.40. The van der Waals surface area contributed by atoms with Crippen LogP contribution in [-0.2, 0) is 4.74 Å². The molecule has 6 nitrogen and oxygen atoms in total. The van der Waals surface area contributed by atoms with E-state index in [1.807, 2.05) is 6.07 Å². The molecule has 2 aromatic rings. The summed E-state index contributed by atoms with van der Waals surface area (Å²) in [6.07, 6.45) is 1.45. The Bertz CT molecular complexity index is 638. The van der Waals surface area contributed by atoms with Gasteiger partial charge >= 0.3 is 5.97 Å². The molecule has 1 heterocycles. The maximum Gasteiger partial charge on any atom is 0.360 e. The predicted octanol–water partition coefficient (Wildman–Crippen LogP) is 1.50. The molecule has 1 aromatic carbocycles. The van der Waals surface area contributed by atoms with E-state index in [1.54, 1.807) is 35.8 Å². The number of nitrogens with zero attached hydrogens (tertiary/aromatic N) is 3. The third-order valence-corrected chi connectivity index (χ3v) is 2.55. The average Bonchev–Trinajstić information content (AvgIpc) is 2.81. The van der Waals surface area contributed by atoms with E-state index in [-0.39, 0.29) is 18.1 Å². The first-order valence-electron chi connectivity index (χ1n) is 5.67. The Morgan fingerprint density at radius 3 is 2.74 bits per heavy atom. The van der Waals surface area contributed by atoms with Gasteiger partial charge in [0.05, 0.1) is 18.2 Å². The van der Waals surface area contributed by atoms with Gasteiger partial charge in [0.1, 0.15) is 12.1 Å². The van der Waals surface area contributed by atoms with Crippen LogP contribution in [0.1, 0.15) is 23.0 Å². The Kier molecular flexibility index (Phi) is 3.48. The van der Waals surface area contributed by atoms with E-state index < -0.39 is 5.97 Å². The Hall–Kier alpha value is -2.81. The van der Waals surface area contributed by atoms with E-state index in [9.17, 15) is 4.79 Å². The van der Waals surface area contributed by atoms with Crippen molar-refractivity contribution in [2.24, 2.45) is 0 Å². The molecule has 6 heteroatoms. The molecular formula is C13H12N4O2. The van der Waals surface area contributed by atoms with Gasteiger partial charge in [-0.25, -0.2) is 9.78 Å². The van der Waals surface area contributed by atoms with Crippen LogP contribution in [0.2, 0.25) is 0 Å². The van der Waals surface area contributed by atoms with Crippen molar-refractivity contribution >= 4 is 11.8 Å². The van der Waals surface area contributed by atoms with Gasteiger partial charge < -0.3 is 10.5 Å². The quantitative estimate of drug-likeness (QED) is 0.840. The SMILES string of the molecule is CCOC(=O)c1ncn(-c2ccc(C#N)cc2)c1N. The first-order chi connectivity index (χ1) is 9.17. The molecule has 0 unspecified atom stereocenters. The fourth-order valence-electron chi connectivity index (χ4n) is 1.62. The average molecular weight is 256 g/mol. The molecule has 0 atom stereocenters. The van der Waals surface area contributed by atoms with E-state index in [2.05, 4.69) is 4.98 Å². The second-order valence-electron chi connectivity index (χ2n) is 3.73. The summed E-state index contributed by atoms with van der Waals surface area (Å²) < 4.78 is 6.42. The van der Waals surface area contributed by atoms with Crippen molar-refractivity contribution < 1.29 is 9.53 Å². The summed E-state index contributed by atoms with van der Waals surface area (Å²) in [6, 6.07) is 8.82. The lowest BCUT2D eigenvalue weighted by Gasteiger charge is -2.05. The van der Waals surface area contributed by atoms with Crippen LogP contribution >= 0.6 is 0 Å². The maximum absolute atomic E-state index is 11.6. The largest absolute Gasteiger partial charge is 0.461 e. The first-order valence-corrected chi connectivity index (χ1v) is 5.67. The summed E-state index contributed by atoms with van der Waals surface area (Å²) in [7, 11) is 0. The van der Waals surface area contributed by atoms with Gasteiger partial charge in [0, 0.05) is 5.69 Å². The molecular weight excluding hydrogens is 244 g/mol. The second-order valence-corrected chi connectivity index (χ2v) is 3.73. The highest BCUT2D eigenvalue weighted by molar-refractivity contribution is 5.92. The Labute approximate surface area is 110 Å². The minimum Gasteiger partial charge on any atom is -0.461 e. The number of imidazole rings is 1. The number of anilines is 1. The number of hydrogen-bond acceptors (Lipinski definition) is 5. The van der Waals surface area contributed by atoms with Crippen molar-refractivity contribution in [3.8, 4) is 11.8 Å². The van der Waals surface area contributed by atoms with Gasteiger partial charge in [-0.3, -0.25) is 4.57 Å². The van der Waals surface area contributed by atoms with Crippen LogP contribution in [0.25, 0.3) is 5.69 Å². The lowest BCUT2D eigenvalue weighted by Crippen LogP contribution is -2.09. The molecule has 0 amide bonds. The zero-order chi connectivity index (χ0) is 13.8. The highest BCUT2D eigenvalue weighted by Gasteiger charge is 2.17. The number of nitrogens with two attached hydrogens (primary N) is 1. The number of rotatable bonds is 3. The zero-order valence-corrected chi connectivity index (χ0v) is 10.3. The van der Waals surface area contributed by atoms with Crippen LogP contribution in [0, 0.1) is 11.3 Å². The van der Waals surface area contributed by atoms with Gasteiger partial charge in [-0.15, -0.1) is 0 Å². The van der Waals surface area contributed by atoms with Gasteiger partial charge in [-0.2, -0.15) is 5.26 Å². The molecule has 2 N–H and O–H groups in total. The lowest BCUT2D eigenvalue weighted by atomic mass is 10.2. The summed E-state index contributed by atoms with van der Waals surface area (Å²) >= 11 is 0. The molecule has 0 saturated carbocycles. The molecule has 2 rings (SSSR count). The molecule has 0 spiro atoms. The van der Waals surface area contributed by atoms with Gasteiger partial charge in [-0.1, -0.05) is 0 Å².